The van der Waals surface area contributed by atoms with Crippen LogP contribution in [0.25, 0.3) is 0 Å². The lowest BCUT2D eigenvalue weighted by atomic mass is 10.1. The lowest BCUT2D eigenvalue weighted by molar-refractivity contribution is -0.116. The highest BCUT2D eigenvalue weighted by Gasteiger charge is 2.14. The van der Waals surface area contributed by atoms with Gasteiger partial charge in [0.2, 0.25) is 5.91 Å². The fraction of sp³-hybridized carbons (Fsp3) is 0.529. The molecule has 0 heterocycles. The van der Waals surface area contributed by atoms with Crippen molar-refractivity contribution in [2.75, 3.05) is 24.3 Å². The van der Waals surface area contributed by atoms with Crippen molar-refractivity contribution in [3.05, 3.63) is 29.8 Å². The molecule has 1 rings (SSSR count). The second-order valence-corrected chi connectivity index (χ2v) is 5.59. The molecule has 0 aliphatic rings. The van der Waals surface area contributed by atoms with Gasteiger partial charge in [0.1, 0.15) is 0 Å². The minimum atomic E-state index is -0.0794. The van der Waals surface area contributed by atoms with E-state index in [0.717, 1.165) is 25.9 Å². The SMILES string of the molecule is CCCN(CCC)C(=O)c1cccc(NC(=O)CCCCl)c1. The molecule has 1 aromatic carbocycles. The van der Waals surface area contributed by atoms with Crippen LogP contribution in [0.3, 0.4) is 0 Å². The number of carbonyl (C=O) groups is 2. The summed E-state index contributed by atoms with van der Waals surface area (Å²) in [6.45, 7) is 5.62. The Bertz CT molecular complexity index is 485. The number of hydrogen-bond acceptors (Lipinski definition) is 2. The molecule has 0 spiro atoms. The molecular weight excluding hydrogens is 300 g/mol. The summed E-state index contributed by atoms with van der Waals surface area (Å²) in [5.74, 6) is 0.402. The van der Waals surface area contributed by atoms with Crippen molar-refractivity contribution >= 4 is 29.1 Å². The summed E-state index contributed by atoms with van der Waals surface area (Å²) >= 11 is 5.58. The highest BCUT2D eigenvalue weighted by atomic mass is 35.5. The van der Waals surface area contributed by atoms with Crippen LogP contribution in [0.15, 0.2) is 24.3 Å². The summed E-state index contributed by atoms with van der Waals surface area (Å²) in [5.41, 5.74) is 1.26. The largest absolute Gasteiger partial charge is 0.339 e. The quantitative estimate of drug-likeness (QED) is 0.700. The standard InChI is InChI=1S/C17H25ClN2O2/c1-3-11-20(12-4-2)17(22)14-7-5-8-15(13-14)19-16(21)9-6-10-18/h5,7-8,13H,3-4,6,9-12H2,1-2H3,(H,19,21). The number of halogens is 1. The van der Waals surface area contributed by atoms with Crippen molar-refractivity contribution in [2.45, 2.75) is 39.5 Å². The number of nitrogens with one attached hydrogen (secondary N) is 1. The molecule has 0 aliphatic carbocycles. The third-order valence-electron chi connectivity index (χ3n) is 3.21. The topological polar surface area (TPSA) is 49.4 Å². The molecule has 0 radical (unpaired) electrons. The first-order valence-electron chi connectivity index (χ1n) is 7.87. The number of anilines is 1. The highest BCUT2D eigenvalue weighted by Crippen LogP contribution is 2.14. The van der Waals surface area contributed by atoms with Gasteiger partial charge in [0, 0.05) is 36.6 Å². The van der Waals surface area contributed by atoms with E-state index in [2.05, 4.69) is 19.2 Å². The average Bonchev–Trinajstić information content (AvgIpc) is 2.52. The van der Waals surface area contributed by atoms with Crippen molar-refractivity contribution in [2.24, 2.45) is 0 Å². The van der Waals surface area contributed by atoms with E-state index < -0.39 is 0 Å². The first kappa shape index (κ1) is 18.5. The van der Waals surface area contributed by atoms with Crippen LogP contribution in [0.5, 0.6) is 0 Å². The predicted molar refractivity (Wildman–Crippen MR) is 91.5 cm³/mol. The van der Waals surface area contributed by atoms with Gasteiger partial charge in [-0.2, -0.15) is 0 Å². The molecule has 5 heteroatoms. The number of alkyl halides is 1. The third-order valence-corrected chi connectivity index (χ3v) is 3.47. The Kier molecular flexibility index (Phi) is 8.60. The summed E-state index contributed by atoms with van der Waals surface area (Å²) < 4.78 is 0. The van der Waals surface area contributed by atoms with Crippen molar-refractivity contribution < 1.29 is 9.59 Å². The molecule has 2 amide bonds. The second-order valence-electron chi connectivity index (χ2n) is 5.21. The molecule has 0 fully saturated rings. The summed E-state index contributed by atoms with van der Waals surface area (Å²) in [7, 11) is 0. The smallest absolute Gasteiger partial charge is 0.253 e. The molecule has 1 N–H and O–H groups in total. The molecule has 0 saturated heterocycles. The summed E-state index contributed by atoms with van der Waals surface area (Å²) in [5, 5.41) is 2.81. The Labute approximate surface area is 137 Å². The molecule has 0 saturated carbocycles. The molecule has 0 bridgehead atoms. The van der Waals surface area contributed by atoms with E-state index in [1.807, 2.05) is 4.90 Å². The van der Waals surface area contributed by atoms with Gasteiger partial charge in [-0.15, -0.1) is 11.6 Å². The van der Waals surface area contributed by atoms with Crippen LogP contribution in [-0.4, -0.2) is 35.7 Å². The van der Waals surface area contributed by atoms with Gasteiger partial charge in [-0.25, -0.2) is 0 Å². The van der Waals surface area contributed by atoms with Crippen LogP contribution < -0.4 is 5.32 Å². The number of nitrogens with zero attached hydrogens (tertiary/aromatic N) is 1. The Morgan fingerprint density at radius 3 is 2.45 bits per heavy atom. The zero-order valence-corrected chi connectivity index (χ0v) is 14.2. The average molecular weight is 325 g/mol. The van der Waals surface area contributed by atoms with E-state index in [4.69, 9.17) is 11.6 Å². The molecule has 4 nitrogen and oxygen atoms in total. The van der Waals surface area contributed by atoms with Gasteiger partial charge in [0.15, 0.2) is 0 Å². The molecular formula is C17H25ClN2O2. The minimum Gasteiger partial charge on any atom is -0.339 e. The van der Waals surface area contributed by atoms with Crippen LogP contribution in [-0.2, 0) is 4.79 Å². The molecule has 22 heavy (non-hydrogen) atoms. The summed E-state index contributed by atoms with van der Waals surface area (Å²) in [6.07, 6.45) is 2.90. The number of rotatable bonds is 9. The highest BCUT2D eigenvalue weighted by molar-refractivity contribution is 6.18. The van der Waals surface area contributed by atoms with Gasteiger partial charge in [0.25, 0.3) is 5.91 Å². The van der Waals surface area contributed by atoms with Crippen molar-refractivity contribution in [1.82, 2.24) is 4.90 Å². The van der Waals surface area contributed by atoms with Gasteiger partial charge < -0.3 is 10.2 Å². The Balaban J connectivity index is 2.77. The van der Waals surface area contributed by atoms with Crippen LogP contribution in [0.2, 0.25) is 0 Å². The Hall–Kier alpha value is -1.55. The van der Waals surface area contributed by atoms with Gasteiger partial charge in [-0.1, -0.05) is 19.9 Å². The maximum absolute atomic E-state index is 12.5. The predicted octanol–water partition coefficient (Wildman–Crippen LogP) is 3.91. The van der Waals surface area contributed by atoms with Crippen molar-refractivity contribution in [1.29, 1.82) is 0 Å². The zero-order chi connectivity index (χ0) is 16.4. The first-order valence-corrected chi connectivity index (χ1v) is 8.41. The first-order chi connectivity index (χ1) is 10.6. The minimum absolute atomic E-state index is 0.0144. The van der Waals surface area contributed by atoms with Gasteiger partial charge >= 0.3 is 0 Å². The Morgan fingerprint density at radius 2 is 1.86 bits per heavy atom. The van der Waals surface area contributed by atoms with Crippen LogP contribution >= 0.6 is 11.6 Å². The van der Waals surface area contributed by atoms with Gasteiger partial charge in [0.05, 0.1) is 0 Å². The monoisotopic (exact) mass is 324 g/mol. The third kappa shape index (κ3) is 6.06. The summed E-state index contributed by atoms with van der Waals surface area (Å²) in [6, 6.07) is 7.11. The van der Waals surface area contributed by atoms with Crippen molar-refractivity contribution in [3.8, 4) is 0 Å². The van der Waals surface area contributed by atoms with Gasteiger partial charge in [-0.05, 0) is 37.5 Å². The fourth-order valence-electron chi connectivity index (χ4n) is 2.22. The maximum Gasteiger partial charge on any atom is 0.253 e. The number of benzene rings is 1. The lowest BCUT2D eigenvalue weighted by Crippen LogP contribution is -2.32. The maximum atomic E-state index is 12.5. The molecule has 0 aliphatic heterocycles. The number of hydrogen-bond donors (Lipinski definition) is 1. The zero-order valence-electron chi connectivity index (χ0n) is 13.4. The van der Waals surface area contributed by atoms with E-state index >= 15 is 0 Å². The number of carbonyl (C=O) groups excluding carboxylic acids is 2. The van der Waals surface area contributed by atoms with E-state index in [1.54, 1.807) is 24.3 Å². The molecule has 1 aromatic rings. The van der Waals surface area contributed by atoms with E-state index in [0.29, 0.717) is 30.0 Å². The van der Waals surface area contributed by atoms with E-state index in [1.165, 1.54) is 0 Å². The second kappa shape index (κ2) is 10.2. The van der Waals surface area contributed by atoms with Crippen LogP contribution in [0, 0.1) is 0 Å². The van der Waals surface area contributed by atoms with E-state index in [-0.39, 0.29) is 11.8 Å². The molecule has 0 unspecified atom stereocenters. The van der Waals surface area contributed by atoms with E-state index in [9.17, 15) is 9.59 Å². The summed E-state index contributed by atoms with van der Waals surface area (Å²) in [4.78, 5) is 26.1. The van der Waals surface area contributed by atoms with Crippen LogP contribution in [0.1, 0.15) is 49.9 Å². The Morgan fingerprint density at radius 1 is 1.18 bits per heavy atom. The fourth-order valence-corrected chi connectivity index (χ4v) is 2.35. The van der Waals surface area contributed by atoms with Gasteiger partial charge in [-0.3, -0.25) is 9.59 Å². The van der Waals surface area contributed by atoms with Crippen LogP contribution in [0.4, 0.5) is 5.69 Å². The van der Waals surface area contributed by atoms with Crippen molar-refractivity contribution in [3.63, 3.8) is 0 Å². The lowest BCUT2D eigenvalue weighted by Gasteiger charge is -2.21. The number of amides is 2. The molecule has 0 aromatic heterocycles. The molecule has 0 atom stereocenters. The normalized spacial score (nSPS) is 10.3. The molecule has 122 valence electrons.